The number of hydrogen-bond acceptors (Lipinski definition) is 2. The van der Waals surface area contributed by atoms with Gasteiger partial charge in [-0.15, -0.1) is 0 Å². The van der Waals surface area contributed by atoms with Gasteiger partial charge in [0.25, 0.3) is 0 Å². The first-order chi connectivity index (χ1) is 5.82. The quantitative estimate of drug-likeness (QED) is 0.599. The molecule has 1 aromatic carbocycles. The molecule has 72 valence electrons. The molecule has 0 aliphatic heterocycles. The maximum atomic E-state index is 5.84. The number of nitrogens with two attached hydrogens (primary N) is 2. The van der Waals surface area contributed by atoms with E-state index in [2.05, 4.69) is 20.8 Å². The summed E-state index contributed by atoms with van der Waals surface area (Å²) in [5.74, 6) is 0. The van der Waals surface area contributed by atoms with E-state index in [-0.39, 0.29) is 5.41 Å². The lowest BCUT2D eigenvalue weighted by Crippen LogP contribution is -2.12. The fraction of sp³-hybridized carbons (Fsp3) is 0.455. The topological polar surface area (TPSA) is 52.0 Å². The molecule has 0 spiro atoms. The molecule has 1 aromatic rings. The summed E-state index contributed by atoms with van der Waals surface area (Å²) in [6.45, 7) is 8.39. The van der Waals surface area contributed by atoms with E-state index in [0.717, 1.165) is 16.9 Å². The van der Waals surface area contributed by atoms with E-state index < -0.39 is 0 Å². The second-order valence-corrected chi connectivity index (χ2v) is 4.53. The third-order valence-corrected chi connectivity index (χ3v) is 2.35. The van der Waals surface area contributed by atoms with Crippen LogP contribution in [0.4, 0.5) is 11.4 Å². The van der Waals surface area contributed by atoms with Gasteiger partial charge in [-0.25, -0.2) is 0 Å². The van der Waals surface area contributed by atoms with Crippen LogP contribution in [0.1, 0.15) is 31.9 Å². The highest BCUT2D eigenvalue weighted by molar-refractivity contribution is 5.63. The van der Waals surface area contributed by atoms with Crippen molar-refractivity contribution in [2.75, 3.05) is 11.5 Å². The first-order valence-corrected chi connectivity index (χ1v) is 4.48. The molecule has 0 atom stereocenters. The van der Waals surface area contributed by atoms with E-state index in [1.54, 1.807) is 0 Å². The lowest BCUT2D eigenvalue weighted by molar-refractivity contribution is 0.590. The summed E-state index contributed by atoms with van der Waals surface area (Å²) < 4.78 is 0. The average Bonchev–Trinajstić information content (AvgIpc) is 1.97. The SMILES string of the molecule is Cc1c(N)cc(C(C)(C)C)cc1N. The second-order valence-electron chi connectivity index (χ2n) is 4.53. The third kappa shape index (κ3) is 1.94. The lowest BCUT2D eigenvalue weighted by Gasteiger charge is -2.21. The number of hydrogen-bond donors (Lipinski definition) is 2. The summed E-state index contributed by atoms with van der Waals surface area (Å²) in [7, 11) is 0. The molecule has 13 heavy (non-hydrogen) atoms. The fourth-order valence-electron chi connectivity index (χ4n) is 1.19. The molecule has 0 aromatic heterocycles. The normalized spacial score (nSPS) is 11.7. The summed E-state index contributed by atoms with van der Waals surface area (Å²) in [4.78, 5) is 0. The highest BCUT2D eigenvalue weighted by Crippen LogP contribution is 2.29. The zero-order chi connectivity index (χ0) is 10.2. The maximum absolute atomic E-state index is 5.84. The van der Waals surface area contributed by atoms with Gasteiger partial charge in [0.05, 0.1) is 0 Å². The van der Waals surface area contributed by atoms with Gasteiger partial charge >= 0.3 is 0 Å². The first-order valence-electron chi connectivity index (χ1n) is 4.48. The summed E-state index contributed by atoms with van der Waals surface area (Å²) in [5, 5.41) is 0. The van der Waals surface area contributed by atoms with Crippen LogP contribution < -0.4 is 11.5 Å². The van der Waals surface area contributed by atoms with Gasteiger partial charge in [-0.05, 0) is 35.6 Å². The van der Waals surface area contributed by atoms with Crippen LogP contribution in [0, 0.1) is 6.92 Å². The van der Waals surface area contributed by atoms with Gasteiger partial charge in [-0.2, -0.15) is 0 Å². The molecule has 0 saturated carbocycles. The summed E-state index contributed by atoms with van der Waals surface area (Å²) >= 11 is 0. The summed E-state index contributed by atoms with van der Waals surface area (Å²) in [5.41, 5.74) is 15.5. The molecule has 1 rings (SSSR count). The highest BCUT2D eigenvalue weighted by Gasteiger charge is 2.15. The smallest absolute Gasteiger partial charge is 0.0367 e. The molecule has 0 fully saturated rings. The Morgan fingerprint density at radius 3 is 1.69 bits per heavy atom. The standard InChI is InChI=1S/C11H18N2/c1-7-9(12)5-8(6-10(7)13)11(2,3)4/h5-6H,12-13H2,1-4H3. The summed E-state index contributed by atoms with van der Waals surface area (Å²) in [6.07, 6.45) is 0. The van der Waals surface area contributed by atoms with E-state index in [0.29, 0.717) is 0 Å². The van der Waals surface area contributed by atoms with Crippen LogP contribution >= 0.6 is 0 Å². The first kappa shape index (κ1) is 9.90. The van der Waals surface area contributed by atoms with Gasteiger partial charge in [-0.1, -0.05) is 20.8 Å². The zero-order valence-corrected chi connectivity index (χ0v) is 8.81. The fourth-order valence-corrected chi connectivity index (χ4v) is 1.19. The molecule has 0 heterocycles. The number of nitrogen functional groups attached to an aromatic ring is 2. The average molecular weight is 178 g/mol. The number of benzene rings is 1. The van der Waals surface area contributed by atoms with Crippen molar-refractivity contribution in [3.63, 3.8) is 0 Å². The summed E-state index contributed by atoms with van der Waals surface area (Å²) in [6, 6.07) is 4.01. The maximum Gasteiger partial charge on any atom is 0.0367 e. The van der Waals surface area contributed by atoms with E-state index >= 15 is 0 Å². The number of anilines is 2. The third-order valence-electron chi connectivity index (χ3n) is 2.35. The van der Waals surface area contributed by atoms with Crippen molar-refractivity contribution in [2.45, 2.75) is 33.1 Å². The molecule has 0 unspecified atom stereocenters. The predicted octanol–water partition coefficient (Wildman–Crippen LogP) is 2.46. The second kappa shape index (κ2) is 2.95. The molecule has 0 aliphatic rings. The minimum atomic E-state index is 0.107. The Morgan fingerprint density at radius 1 is 1.00 bits per heavy atom. The van der Waals surface area contributed by atoms with Gasteiger partial charge in [0.1, 0.15) is 0 Å². The molecule has 2 heteroatoms. The monoisotopic (exact) mass is 178 g/mol. The van der Waals surface area contributed by atoms with Crippen molar-refractivity contribution in [1.82, 2.24) is 0 Å². The van der Waals surface area contributed by atoms with Crippen LogP contribution in [-0.2, 0) is 5.41 Å². The predicted molar refractivity (Wildman–Crippen MR) is 58.7 cm³/mol. The van der Waals surface area contributed by atoms with E-state index in [4.69, 9.17) is 11.5 Å². The van der Waals surface area contributed by atoms with E-state index in [1.807, 2.05) is 19.1 Å². The minimum absolute atomic E-state index is 0.107. The van der Waals surface area contributed by atoms with Crippen LogP contribution in [0.25, 0.3) is 0 Å². The largest absolute Gasteiger partial charge is 0.398 e. The zero-order valence-electron chi connectivity index (χ0n) is 8.81. The Labute approximate surface area is 79.9 Å². The van der Waals surface area contributed by atoms with Crippen LogP contribution in [0.3, 0.4) is 0 Å². The molecule has 4 N–H and O–H groups in total. The Balaban J connectivity index is 3.29. The molecular formula is C11H18N2. The van der Waals surface area contributed by atoms with Crippen LogP contribution in [0.5, 0.6) is 0 Å². The van der Waals surface area contributed by atoms with Crippen LogP contribution in [0.2, 0.25) is 0 Å². The van der Waals surface area contributed by atoms with Crippen molar-refractivity contribution < 1.29 is 0 Å². The Kier molecular flexibility index (Phi) is 2.24. The molecular weight excluding hydrogens is 160 g/mol. The molecule has 0 aliphatic carbocycles. The van der Waals surface area contributed by atoms with E-state index in [1.165, 1.54) is 5.56 Å². The van der Waals surface area contributed by atoms with Gasteiger partial charge in [0.15, 0.2) is 0 Å². The van der Waals surface area contributed by atoms with Gasteiger partial charge in [-0.3, -0.25) is 0 Å². The minimum Gasteiger partial charge on any atom is -0.398 e. The number of rotatable bonds is 0. The van der Waals surface area contributed by atoms with Gasteiger partial charge in [0.2, 0.25) is 0 Å². The highest BCUT2D eigenvalue weighted by atomic mass is 14.6. The molecule has 0 saturated heterocycles. The van der Waals surface area contributed by atoms with Crippen molar-refractivity contribution in [3.8, 4) is 0 Å². The van der Waals surface area contributed by atoms with Crippen molar-refractivity contribution >= 4 is 11.4 Å². The van der Waals surface area contributed by atoms with Crippen LogP contribution in [0.15, 0.2) is 12.1 Å². The Hall–Kier alpha value is -1.18. The molecule has 2 nitrogen and oxygen atoms in total. The van der Waals surface area contributed by atoms with Gasteiger partial charge < -0.3 is 11.5 Å². The van der Waals surface area contributed by atoms with Crippen molar-refractivity contribution in [2.24, 2.45) is 0 Å². The van der Waals surface area contributed by atoms with Gasteiger partial charge in [0, 0.05) is 11.4 Å². The van der Waals surface area contributed by atoms with Crippen molar-refractivity contribution in [3.05, 3.63) is 23.3 Å². The Bertz CT molecular complexity index is 298. The Morgan fingerprint density at radius 2 is 1.38 bits per heavy atom. The van der Waals surface area contributed by atoms with Crippen LogP contribution in [-0.4, -0.2) is 0 Å². The van der Waals surface area contributed by atoms with E-state index in [9.17, 15) is 0 Å². The van der Waals surface area contributed by atoms with Crippen molar-refractivity contribution in [1.29, 1.82) is 0 Å². The molecule has 0 bridgehead atoms. The lowest BCUT2D eigenvalue weighted by atomic mass is 9.86. The molecule has 0 radical (unpaired) electrons. The molecule has 0 amide bonds.